The number of aromatic nitrogens is 2. The molecular formula is C17H15ClN2O4. The Kier molecular flexibility index (Phi) is 5.97. The first-order chi connectivity index (χ1) is 11.3. The molecule has 1 heterocycles. The average molecular weight is 347 g/mol. The molecule has 0 aliphatic rings. The highest BCUT2D eigenvalue weighted by Crippen LogP contribution is 2.20. The van der Waals surface area contributed by atoms with Gasteiger partial charge in [0.2, 0.25) is 0 Å². The van der Waals surface area contributed by atoms with Crippen molar-refractivity contribution in [3.63, 3.8) is 0 Å². The average Bonchev–Trinajstić information content (AvgIpc) is 2.54. The quantitative estimate of drug-likeness (QED) is 0.524. The van der Waals surface area contributed by atoms with Gasteiger partial charge in [0.05, 0.1) is 0 Å². The molecule has 0 unspecified atom stereocenters. The van der Waals surface area contributed by atoms with Crippen LogP contribution in [-0.4, -0.2) is 4.98 Å². The Balaban J connectivity index is 0.000000368. The molecule has 0 atom stereocenters. The third-order valence-corrected chi connectivity index (χ3v) is 3.03. The maximum absolute atomic E-state index is 8.49. The summed E-state index contributed by atoms with van der Waals surface area (Å²) in [7, 11) is -2.92. The summed E-state index contributed by atoms with van der Waals surface area (Å²) in [6.45, 7) is 0. The molecule has 0 radical (unpaired) electrons. The fourth-order valence-corrected chi connectivity index (χ4v) is 2.11. The zero-order valence-electron chi connectivity index (χ0n) is 12.8. The first-order valence-corrected chi connectivity index (χ1v) is 8.16. The predicted octanol–water partition coefficient (Wildman–Crippen LogP) is -1.52. The van der Waals surface area contributed by atoms with Crippen molar-refractivity contribution in [1.29, 1.82) is 0 Å². The van der Waals surface area contributed by atoms with Crippen LogP contribution in [0.5, 0.6) is 0 Å². The summed E-state index contributed by atoms with van der Waals surface area (Å²) in [4.78, 5) is 4.75. The first-order valence-electron chi connectivity index (χ1n) is 6.93. The number of rotatable bonds is 2. The highest BCUT2D eigenvalue weighted by Gasteiger charge is 2.09. The molecule has 3 aromatic rings. The SMILES string of the molecule is C[n+]1cc(-c2ccccc2)nc(-c2ccccc2)c1.[O-][Cl+3]([O-])([O-])[O-]. The third-order valence-electron chi connectivity index (χ3n) is 3.03. The summed E-state index contributed by atoms with van der Waals surface area (Å²) in [5, 5.41) is 0. The minimum atomic E-state index is -4.94. The van der Waals surface area contributed by atoms with E-state index in [0.29, 0.717) is 0 Å². The van der Waals surface area contributed by atoms with Crippen molar-refractivity contribution in [1.82, 2.24) is 4.98 Å². The molecule has 0 aliphatic heterocycles. The van der Waals surface area contributed by atoms with Gasteiger partial charge in [-0.2, -0.15) is 0 Å². The largest absolute Gasteiger partial charge is 0.235 e. The van der Waals surface area contributed by atoms with Crippen LogP contribution in [0.2, 0.25) is 0 Å². The summed E-state index contributed by atoms with van der Waals surface area (Å²) in [6.07, 6.45) is 4.09. The lowest BCUT2D eigenvalue weighted by Gasteiger charge is -2.17. The van der Waals surface area contributed by atoms with Gasteiger partial charge in [0.15, 0.2) is 12.4 Å². The highest BCUT2D eigenvalue weighted by atomic mass is 35.7. The Hall–Kier alpha value is -2.35. The number of benzene rings is 2. The van der Waals surface area contributed by atoms with E-state index in [0.717, 1.165) is 22.5 Å². The minimum absolute atomic E-state index is 0.990. The summed E-state index contributed by atoms with van der Waals surface area (Å²) in [5.41, 5.74) is 4.25. The predicted molar refractivity (Wildman–Crippen MR) is 76.3 cm³/mol. The normalized spacial score (nSPS) is 10.7. The van der Waals surface area contributed by atoms with Crippen molar-refractivity contribution in [2.45, 2.75) is 0 Å². The van der Waals surface area contributed by atoms with Gasteiger partial charge >= 0.3 is 0 Å². The molecule has 0 bridgehead atoms. The summed E-state index contributed by atoms with van der Waals surface area (Å²) in [5.74, 6) is 0. The summed E-state index contributed by atoms with van der Waals surface area (Å²) < 4.78 is 36.0. The third kappa shape index (κ3) is 6.04. The van der Waals surface area contributed by atoms with Crippen molar-refractivity contribution in [2.75, 3.05) is 0 Å². The lowest BCUT2D eigenvalue weighted by molar-refractivity contribution is -2.00. The van der Waals surface area contributed by atoms with Crippen molar-refractivity contribution in [3.05, 3.63) is 73.1 Å². The van der Waals surface area contributed by atoms with E-state index in [4.69, 9.17) is 23.6 Å². The molecule has 7 heteroatoms. The molecule has 0 N–H and O–H groups in total. The molecule has 124 valence electrons. The van der Waals surface area contributed by atoms with Crippen LogP contribution in [0, 0.1) is 10.2 Å². The monoisotopic (exact) mass is 346 g/mol. The number of halogens is 1. The van der Waals surface area contributed by atoms with E-state index in [9.17, 15) is 0 Å². The molecule has 0 saturated carbocycles. The van der Waals surface area contributed by atoms with Crippen LogP contribution in [0.1, 0.15) is 0 Å². The number of nitrogens with zero attached hydrogens (tertiary/aromatic N) is 2. The van der Waals surface area contributed by atoms with Crippen LogP contribution >= 0.6 is 0 Å². The van der Waals surface area contributed by atoms with Crippen LogP contribution < -0.4 is 23.2 Å². The maximum Gasteiger partial charge on any atom is 0.195 e. The van der Waals surface area contributed by atoms with Gasteiger partial charge in [0, 0.05) is 11.1 Å². The Morgan fingerprint density at radius 1 is 0.708 bits per heavy atom. The number of aryl methyl sites for hydroxylation is 1. The molecule has 6 nitrogen and oxygen atoms in total. The van der Waals surface area contributed by atoms with Crippen molar-refractivity contribution in [3.8, 4) is 22.5 Å². The van der Waals surface area contributed by atoms with Gasteiger partial charge in [0.1, 0.15) is 18.4 Å². The van der Waals surface area contributed by atoms with Crippen LogP contribution in [-0.2, 0) is 7.05 Å². The molecule has 24 heavy (non-hydrogen) atoms. The zero-order chi connectivity index (χ0) is 17.6. The molecule has 0 saturated heterocycles. The first kappa shape index (κ1) is 18.0. The van der Waals surface area contributed by atoms with Crippen molar-refractivity contribution in [2.24, 2.45) is 7.05 Å². The minimum Gasteiger partial charge on any atom is -0.235 e. The van der Waals surface area contributed by atoms with E-state index >= 15 is 0 Å². The van der Waals surface area contributed by atoms with Gasteiger partial charge in [-0.1, -0.05) is 60.7 Å². The van der Waals surface area contributed by atoms with Crippen LogP contribution in [0.3, 0.4) is 0 Å². The number of hydrogen-bond donors (Lipinski definition) is 0. The molecule has 0 fully saturated rings. The Labute approximate surface area is 141 Å². The molecule has 2 aromatic carbocycles. The van der Waals surface area contributed by atoms with Gasteiger partial charge < -0.3 is 0 Å². The molecular weight excluding hydrogens is 332 g/mol. The Morgan fingerprint density at radius 2 is 1.04 bits per heavy atom. The molecule has 3 rings (SSSR count). The lowest BCUT2D eigenvalue weighted by Crippen LogP contribution is -2.68. The summed E-state index contributed by atoms with van der Waals surface area (Å²) >= 11 is 0. The second kappa shape index (κ2) is 7.96. The lowest BCUT2D eigenvalue weighted by atomic mass is 10.1. The van der Waals surface area contributed by atoms with Gasteiger partial charge in [0.25, 0.3) is 0 Å². The number of hydrogen-bond acceptors (Lipinski definition) is 5. The van der Waals surface area contributed by atoms with Gasteiger partial charge in [-0.3, -0.25) is 0 Å². The van der Waals surface area contributed by atoms with E-state index < -0.39 is 10.2 Å². The standard InChI is InChI=1S/C17H15N2.ClHO4/c1-19-12-16(14-8-4-2-5-9-14)18-17(13-19)15-10-6-3-7-11-15;2-1(3,4)5/h2-13H,1H3;(H,2,3,4,5)/q+1;/p-1. The van der Waals surface area contributed by atoms with Crippen LogP contribution in [0.15, 0.2) is 73.1 Å². The topological polar surface area (TPSA) is 109 Å². The smallest absolute Gasteiger partial charge is 0.195 e. The second-order valence-corrected chi connectivity index (χ2v) is 5.67. The molecule has 0 amide bonds. The summed E-state index contributed by atoms with van der Waals surface area (Å²) in [6, 6.07) is 20.5. The highest BCUT2D eigenvalue weighted by molar-refractivity contribution is 5.63. The van der Waals surface area contributed by atoms with E-state index in [2.05, 4.69) is 28.8 Å². The molecule has 0 aliphatic carbocycles. The van der Waals surface area contributed by atoms with E-state index in [1.54, 1.807) is 0 Å². The van der Waals surface area contributed by atoms with Gasteiger partial charge in [-0.25, -0.2) is 28.2 Å². The van der Waals surface area contributed by atoms with E-state index in [1.165, 1.54) is 0 Å². The Morgan fingerprint density at radius 3 is 1.38 bits per heavy atom. The fourth-order valence-electron chi connectivity index (χ4n) is 2.11. The van der Waals surface area contributed by atoms with E-state index in [-0.39, 0.29) is 0 Å². The maximum atomic E-state index is 8.49. The van der Waals surface area contributed by atoms with Crippen molar-refractivity contribution >= 4 is 0 Å². The molecule has 0 spiro atoms. The zero-order valence-corrected chi connectivity index (χ0v) is 13.6. The van der Waals surface area contributed by atoms with Gasteiger partial charge in [-0.15, -0.1) is 10.2 Å². The molecule has 1 aromatic heterocycles. The Bertz CT molecular complexity index is 714. The van der Waals surface area contributed by atoms with Crippen molar-refractivity contribution < 1.29 is 33.4 Å². The van der Waals surface area contributed by atoms with Gasteiger partial charge in [-0.05, 0) is 0 Å². The van der Waals surface area contributed by atoms with Crippen LogP contribution in [0.4, 0.5) is 0 Å². The second-order valence-electron chi connectivity index (χ2n) is 4.92. The van der Waals surface area contributed by atoms with Crippen LogP contribution in [0.25, 0.3) is 22.5 Å². The fraction of sp³-hybridized carbons (Fsp3) is 0.0588. The van der Waals surface area contributed by atoms with E-state index in [1.807, 2.05) is 55.8 Å².